The normalized spacial score (nSPS) is 20.3. The zero-order valence-electron chi connectivity index (χ0n) is 17.3. The fourth-order valence-corrected chi connectivity index (χ4v) is 8.67. The summed E-state index contributed by atoms with van der Waals surface area (Å²) in [5.74, 6) is 0.118. The molecule has 1 aliphatic carbocycles. The molecular formula is C18H18N4O4S8. The Morgan fingerprint density at radius 3 is 2.24 bits per heavy atom. The standard InChI is InChI=1S/C18H18N4O4S8/c23-14-9-13(16(24)12-4-2-1-3-11(12)14)15(30-18(28)20-22-6-8-26-34-32-22)10-29-17(27)19-21-5-7-25-33-31-21/h1-4,9,15H,5-8,10H2,(H,19,27)(H,20,28). The monoisotopic (exact) mass is 610 g/mol. The summed E-state index contributed by atoms with van der Waals surface area (Å²) in [5.41, 5.74) is 7.60. The molecule has 0 saturated carbocycles. The van der Waals surface area contributed by atoms with Crippen LogP contribution in [-0.2, 0) is 8.37 Å². The molecule has 1 unspecified atom stereocenters. The van der Waals surface area contributed by atoms with Crippen LogP contribution in [0.25, 0.3) is 0 Å². The lowest BCUT2D eigenvalue weighted by atomic mass is 9.88. The van der Waals surface area contributed by atoms with E-state index in [-0.39, 0.29) is 16.8 Å². The summed E-state index contributed by atoms with van der Waals surface area (Å²) >= 11 is 16.4. The summed E-state index contributed by atoms with van der Waals surface area (Å²) < 4.78 is 15.4. The largest absolute Gasteiger partial charge is 0.303 e. The van der Waals surface area contributed by atoms with Crippen LogP contribution in [0.1, 0.15) is 20.7 Å². The van der Waals surface area contributed by atoms with E-state index in [0.717, 1.165) is 0 Å². The summed E-state index contributed by atoms with van der Waals surface area (Å²) in [5, 5.41) is -0.375. The number of carbonyl (C=O) groups excluding carboxylic acids is 2. The summed E-state index contributed by atoms with van der Waals surface area (Å²) in [7, 11) is 2.83. The van der Waals surface area contributed by atoms with Gasteiger partial charge in [-0.15, -0.1) is 0 Å². The van der Waals surface area contributed by atoms with Gasteiger partial charge in [0.25, 0.3) is 0 Å². The molecule has 2 N–H and O–H groups in total. The Kier molecular flexibility index (Phi) is 10.8. The summed E-state index contributed by atoms with van der Waals surface area (Å²) in [6, 6.07) is 6.89. The first-order chi connectivity index (χ1) is 16.5. The molecule has 1 aromatic rings. The number of hydrogen-bond donors (Lipinski definition) is 2. The van der Waals surface area contributed by atoms with Crippen molar-refractivity contribution in [3.63, 3.8) is 0 Å². The van der Waals surface area contributed by atoms with Crippen molar-refractivity contribution in [1.29, 1.82) is 0 Å². The molecule has 4 rings (SSSR count). The molecule has 2 fully saturated rings. The molecule has 3 aliphatic rings. The van der Waals surface area contributed by atoms with E-state index < -0.39 is 0 Å². The number of carbonyl (C=O) groups is 2. The smallest absolute Gasteiger partial charge is 0.191 e. The maximum absolute atomic E-state index is 13.3. The van der Waals surface area contributed by atoms with Crippen molar-refractivity contribution in [3.05, 3.63) is 47.0 Å². The van der Waals surface area contributed by atoms with Crippen molar-refractivity contribution in [2.45, 2.75) is 5.25 Å². The second-order valence-electron chi connectivity index (χ2n) is 6.69. The average Bonchev–Trinajstić information content (AvgIpc) is 2.85. The number of nitrogens with zero attached hydrogens (tertiary/aromatic N) is 2. The van der Waals surface area contributed by atoms with E-state index in [9.17, 15) is 9.59 Å². The van der Waals surface area contributed by atoms with Crippen molar-refractivity contribution in [2.75, 3.05) is 32.1 Å². The van der Waals surface area contributed by atoms with E-state index in [2.05, 4.69) is 10.9 Å². The summed E-state index contributed by atoms with van der Waals surface area (Å²) in [6.45, 7) is 2.52. The molecule has 1 aromatic carbocycles. The first kappa shape index (κ1) is 27.1. The number of hydrazine groups is 2. The summed E-state index contributed by atoms with van der Waals surface area (Å²) in [4.78, 5) is 26.1. The third-order valence-corrected chi connectivity index (χ3v) is 10.9. The van der Waals surface area contributed by atoms with Crippen LogP contribution in [0.15, 0.2) is 35.9 Å². The lowest BCUT2D eigenvalue weighted by Crippen LogP contribution is -2.40. The van der Waals surface area contributed by atoms with Gasteiger partial charge in [0.2, 0.25) is 0 Å². The number of rotatable bonds is 6. The van der Waals surface area contributed by atoms with Gasteiger partial charge in [0.15, 0.2) is 11.6 Å². The number of thioether (sulfide) groups is 2. The number of thiocarbonyl (C=S) groups is 2. The zero-order valence-corrected chi connectivity index (χ0v) is 23.8. The Morgan fingerprint density at radius 2 is 1.62 bits per heavy atom. The fourth-order valence-electron chi connectivity index (χ4n) is 2.95. The van der Waals surface area contributed by atoms with Gasteiger partial charge in [-0.25, -0.2) is 0 Å². The molecule has 0 aromatic heterocycles. The van der Waals surface area contributed by atoms with Crippen molar-refractivity contribution in [3.8, 4) is 0 Å². The molecule has 0 bridgehead atoms. The first-order valence-electron chi connectivity index (χ1n) is 9.79. The maximum Gasteiger partial charge on any atom is 0.191 e. The second-order valence-corrected chi connectivity index (χ2v) is 13.9. The zero-order chi connectivity index (χ0) is 23.9. The number of ketones is 2. The lowest BCUT2D eigenvalue weighted by Gasteiger charge is -2.28. The number of hydrogen-bond acceptors (Lipinski definition) is 14. The van der Waals surface area contributed by atoms with Gasteiger partial charge in [0, 0.05) is 44.4 Å². The number of fused-ring (bicyclic) bond motifs is 1. The molecular weight excluding hydrogens is 593 g/mol. The molecule has 2 heterocycles. The van der Waals surface area contributed by atoms with Crippen molar-refractivity contribution in [1.82, 2.24) is 19.7 Å². The van der Waals surface area contributed by atoms with E-state index in [1.165, 1.54) is 73.7 Å². The van der Waals surface area contributed by atoms with Crippen molar-refractivity contribution >= 4 is 112 Å². The quantitative estimate of drug-likeness (QED) is 0.205. The summed E-state index contributed by atoms with van der Waals surface area (Å²) in [6.07, 6.45) is 1.44. The van der Waals surface area contributed by atoms with Crippen LogP contribution in [0, 0.1) is 0 Å². The predicted octanol–water partition coefficient (Wildman–Crippen LogP) is 4.49. The third-order valence-electron chi connectivity index (χ3n) is 4.47. The van der Waals surface area contributed by atoms with Crippen LogP contribution < -0.4 is 10.9 Å². The van der Waals surface area contributed by atoms with Gasteiger partial charge in [-0.1, -0.05) is 72.2 Å². The number of benzene rings is 1. The highest BCUT2D eigenvalue weighted by atomic mass is 33.1. The number of Topliss-reactive ketones (excluding diaryl/α,β-unsaturated/α-hetero) is 1. The molecule has 16 heteroatoms. The Hall–Kier alpha value is 0.0200. The predicted molar refractivity (Wildman–Crippen MR) is 154 cm³/mol. The lowest BCUT2D eigenvalue weighted by molar-refractivity contribution is 0.0983. The van der Waals surface area contributed by atoms with E-state index in [1.807, 2.05) is 8.83 Å². The van der Waals surface area contributed by atoms with Gasteiger partial charge >= 0.3 is 0 Å². The Labute approximate surface area is 232 Å². The first-order valence-corrected chi connectivity index (χ1v) is 16.5. The third kappa shape index (κ3) is 7.52. The van der Waals surface area contributed by atoms with Crippen molar-refractivity contribution in [2.24, 2.45) is 0 Å². The highest BCUT2D eigenvalue weighted by molar-refractivity contribution is 8.74. The molecule has 0 amide bonds. The molecule has 0 spiro atoms. The molecule has 0 radical (unpaired) electrons. The number of allylic oxidation sites excluding steroid dienone is 1. The molecule has 2 aliphatic heterocycles. The van der Waals surface area contributed by atoms with Crippen LogP contribution in [0.3, 0.4) is 0 Å². The van der Waals surface area contributed by atoms with Crippen LogP contribution in [0.5, 0.6) is 0 Å². The second kappa shape index (κ2) is 13.5. The SMILES string of the molecule is O=C1C=C(C(CSC(=S)NN2CCOSS2)SC(=S)NN2CCOSS2)C(=O)c2ccccc21. The van der Waals surface area contributed by atoms with Crippen LogP contribution in [0.4, 0.5) is 0 Å². The minimum absolute atomic E-state index is 0.161. The minimum Gasteiger partial charge on any atom is -0.303 e. The Morgan fingerprint density at radius 1 is 1.00 bits per heavy atom. The molecule has 182 valence electrons. The molecule has 34 heavy (non-hydrogen) atoms. The van der Waals surface area contributed by atoms with Gasteiger partial charge in [-0.2, -0.15) is 8.83 Å². The Balaban J connectivity index is 1.45. The molecule has 1 atom stereocenters. The van der Waals surface area contributed by atoms with Crippen LogP contribution in [0.2, 0.25) is 0 Å². The molecule has 8 nitrogen and oxygen atoms in total. The highest BCUT2D eigenvalue weighted by Crippen LogP contribution is 2.34. The van der Waals surface area contributed by atoms with Gasteiger partial charge in [-0.3, -0.25) is 20.4 Å². The van der Waals surface area contributed by atoms with Crippen molar-refractivity contribution < 1.29 is 18.0 Å². The van der Waals surface area contributed by atoms with Crippen LogP contribution in [-0.4, -0.2) is 66.3 Å². The van der Waals surface area contributed by atoms with Crippen LogP contribution >= 0.6 is 92.1 Å². The fraction of sp³-hybridized carbons (Fsp3) is 0.333. The van der Waals surface area contributed by atoms with E-state index in [0.29, 0.717) is 57.4 Å². The van der Waals surface area contributed by atoms with Gasteiger partial charge in [0.05, 0.1) is 53.7 Å². The van der Waals surface area contributed by atoms with Gasteiger partial charge in [-0.05, 0) is 6.08 Å². The highest BCUT2D eigenvalue weighted by Gasteiger charge is 2.32. The van der Waals surface area contributed by atoms with E-state index in [1.54, 1.807) is 24.3 Å². The Bertz CT molecular complexity index is 984. The topological polar surface area (TPSA) is 83.1 Å². The number of nitrogens with one attached hydrogen (secondary N) is 2. The maximum atomic E-state index is 13.3. The average molecular weight is 611 g/mol. The van der Waals surface area contributed by atoms with E-state index >= 15 is 0 Å². The van der Waals surface area contributed by atoms with Gasteiger partial charge in [0.1, 0.15) is 8.64 Å². The van der Waals surface area contributed by atoms with E-state index in [4.69, 9.17) is 32.8 Å². The molecule has 2 saturated heterocycles. The minimum atomic E-state index is -0.375. The van der Waals surface area contributed by atoms with Gasteiger partial charge < -0.3 is 8.37 Å².